The van der Waals surface area contributed by atoms with Crippen molar-refractivity contribution in [3.05, 3.63) is 42.5 Å². The van der Waals surface area contributed by atoms with E-state index >= 15 is 0 Å². The lowest BCUT2D eigenvalue weighted by Gasteiger charge is -2.39. The fraction of sp³-hybridized carbons (Fsp3) is 0.500. The molecule has 134 valence electrons. The third-order valence-electron chi connectivity index (χ3n) is 5.22. The summed E-state index contributed by atoms with van der Waals surface area (Å²) in [5, 5.41) is 0. The molecule has 1 heterocycles. The van der Waals surface area contributed by atoms with E-state index in [9.17, 15) is 9.59 Å². The van der Waals surface area contributed by atoms with Gasteiger partial charge in [0.25, 0.3) is 0 Å². The molecule has 25 heavy (non-hydrogen) atoms. The van der Waals surface area contributed by atoms with Crippen molar-refractivity contribution in [3.8, 4) is 0 Å². The molecule has 0 spiro atoms. The molecule has 1 aliphatic carbocycles. The molecule has 2 atom stereocenters. The van der Waals surface area contributed by atoms with Crippen LogP contribution in [0, 0.1) is 11.8 Å². The fourth-order valence-corrected chi connectivity index (χ4v) is 3.75. The first-order valence-electron chi connectivity index (χ1n) is 9.03. The monoisotopic (exact) mass is 341 g/mol. The number of carbonyl (C=O) groups is 2. The molecule has 1 aromatic carbocycles. The first-order chi connectivity index (χ1) is 12.1. The van der Waals surface area contributed by atoms with Gasteiger partial charge in [0.05, 0.1) is 11.8 Å². The van der Waals surface area contributed by atoms with Gasteiger partial charge in [-0.1, -0.05) is 30.4 Å². The molecular weight excluding hydrogens is 314 g/mol. The molecule has 0 saturated carbocycles. The highest BCUT2D eigenvalue weighted by atomic mass is 16.2. The zero-order valence-corrected chi connectivity index (χ0v) is 15.1. The van der Waals surface area contributed by atoms with Crippen molar-refractivity contribution in [1.82, 2.24) is 9.80 Å². The quantitative estimate of drug-likeness (QED) is 0.790. The molecule has 2 unspecified atom stereocenters. The summed E-state index contributed by atoms with van der Waals surface area (Å²) in [7, 11) is 3.53. The molecule has 1 aliphatic heterocycles. The van der Waals surface area contributed by atoms with Crippen molar-refractivity contribution in [2.75, 3.05) is 45.2 Å². The van der Waals surface area contributed by atoms with Crippen LogP contribution in [0.25, 0.3) is 0 Å². The van der Waals surface area contributed by atoms with Gasteiger partial charge in [-0.15, -0.1) is 0 Å². The first-order valence-corrected chi connectivity index (χ1v) is 9.03. The maximum atomic E-state index is 13.0. The van der Waals surface area contributed by atoms with Crippen LogP contribution in [-0.2, 0) is 9.59 Å². The van der Waals surface area contributed by atoms with E-state index < -0.39 is 0 Å². The van der Waals surface area contributed by atoms with Gasteiger partial charge in [-0.2, -0.15) is 0 Å². The van der Waals surface area contributed by atoms with Crippen molar-refractivity contribution in [3.63, 3.8) is 0 Å². The Bertz CT molecular complexity index is 634. The standard InChI is InChI=1S/C20H27N3O2/c1-21(2)19(24)17-10-6-7-11-18(17)20(25)23-14-12-22(13-15-23)16-8-4-3-5-9-16/h3-9,17-18H,10-15H2,1-2H3. The topological polar surface area (TPSA) is 43.9 Å². The molecule has 3 rings (SSSR count). The number of hydrogen-bond donors (Lipinski definition) is 0. The lowest BCUT2D eigenvalue weighted by Crippen LogP contribution is -2.52. The number of para-hydroxylation sites is 1. The molecule has 2 amide bonds. The van der Waals surface area contributed by atoms with Gasteiger partial charge in [0.1, 0.15) is 0 Å². The highest BCUT2D eigenvalue weighted by Gasteiger charge is 2.37. The number of rotatable bonds is 3. The van der Waals surface area contributed by atoms with E-state index in [1.54, 1.807) is 19.0 Å². The van der Waals surface area contributed by atoms with E-state index in [4.69, 9.17) is 0 Å². The molecule has 0 bridgehead atoms. The van der Waals surface area contributed by atoms with E-state index in [-0.39, 0.29) is 23.7 Å². The summed E-state index contributed by atoms with van der Waals surface area (Å²) in [6.07, 6.45) is 5.41. The molecule has 0 radical (unpaired) electrons. The molecule has 2 aliphatic rings. The van der Waals surface area contributed by atoms with Crippen LogP contribution in [-0.4, -0.2) is 61.9 Å². The second-order valence-electron chi connectivity index (χ2n) is 7.04. The zero-order valence-electron chi connectivity index (χ0n) is 15.1. The summed E-state index contributed by atoms with van der Waals surface area (Å²) in [6.45, 7) is 3.11. The predicted molar refractivity (Wildman–Crippen MR) is 99.3 cm³/mol. The number of benzene rings is 1. The predicted octanol–water partition coefficient (Wildman–Crippen LogP) is 2.01. The average Bonchev–Trinajstić information content (AvgIpc) is 2.67. The summed E-state index contributed by atoms with van der Waals surface area (Å²) in [4.78, 5) is 31.3. The van der Waals surface area contributed by atoms with Gasteiger partial charge < -0.3 is 14.7 Å². The van der Waals surface area contributed by atoms with Crippen molar-refractivity contribution in [1.29, 1.82) is 0 Å². The van der Waals surface area contributed by atoms with E-state index in [0.29, 0.717) is 12.8 Å². The Morgan fingerprint density at radius 1 is 0.920 bits per heavy atom. The van der Waals surface area contributed by atoms with Crippen LogP contribution < -0.4 is 4.90 Å². The first kappa shape index (κ1) is 17.5. The molecule has 5 heteroatoms. The smallest absolute Gasteiger partial charge is 0.226 e. The molecule has 0 aromatic heterocycles. The number of carbonyl (C=O) groups excluding carboxylic acids is 2. The van der Waals surface area contributed by atoms with E-state index in [1.807, 2.05) is 35.3 Å². The molecule has 5 nitrogen and oxygen atoms in total. The van der Waals surface area contributed by atoms with Crippen LogP contribution in [0.3, 0.4) is 0 Å². The second-order valence-corrected chi connectivity index (χ2v) is 7.04. The third kappa shape index (κ3) is 3.86. The summed E-state index contributed by atoms with van der Waals surface area (Å²) in [5.74, 6) is -0.245. The number of nitrogens with zero attached hydrogens (tertiary/aromatic N) is 3. The van der Waals surface area contributed by atoms with Crippen LogP contribution in [0.2, 0.25) is 0 Å². The zero-order chi connectivity index (χ0) is 17.8. The summed E-state index contributed by atoms with van der Waals surface area (Å²) in [5.41, 5.74) is 1.20. The minimum Gasteiger partial charge on any atom is -0.368 e. The summed E-state index contributed by atoms with van der Waals surface area (Å²) in [6, 6.07) is 10.3. The van der Waals surface area contributed by atoms with Crippen molar-refractivity contribution < 1.29 is 9.59 Å². The SMILES string of the molecule is CN(C)C(=O)C1CC=CCC1C(=O)N1CCN(c2ccccc2)CC1. The maximum Gasteiger partial charge on any atom is 0.226 e. The largest absolute Gasteiger partial charge is 0.368 e. The minimum absolute atomic E-state index is 0.0608. The van der Waals surface area contributed by atoms with E-state index in [1.165, 1.54) is 5.69 Å². The number of hydrogen-bond acceptors (Lipinski definition) is 3. The van der Waals surface area contributed by atoms with E-state index in [2.05, 4.69) is 17.0 Å². The number of piperazine rings is 1. The highest BCUT2D eigenvalue weighted by molar-refractivity contribution is 5.88. The molecular formula is C20H27N3O2. The lowest BCUT2D eigenvalue weighted by molar-refractivity contribution is -0.145. The van der Waals surface area contributed by atoms with Crippen LogP contribution in [0.4, 0.5) is 5.69 Å². The van der Waals surface area contributed by atoms with Crippen LogP contribution in [0.1, 0.15) is 12.8 Å². The normalized spacial score (nSPS) is 23.4. The summed E-state index contributed by atoms with van der Waals surface area (Å²) >= 11 is 0. The van der Waals surface area contributed by atoms with Crippen molar-refractivity contribution in [2.45, 2.75) is 12.8 Å². The molecule has 1 fully saturated rings. The van der Waals surface area contributed by atoms with E-state index in [0.717, 1.165) is 26.2 Å². The van der Waals surface area contributed by atoms with Crippen molar-refractivity contribution in [2.24, 2.45) is 11.8 Å². The van der Waals surface area contributed by atoms with Crippen LogP contribution in [0.5, 0.6) is 0 Å². The van der Waals surface area contributed by atoms with Gasteiger partial charge in [-0.05, 0) is 25.0 Å². The Hall–Kier alpha value is -2.30. The van der Waals surface area contributed by atoms with Gasteiger partial charge in [0, 0.05) is 46.0 Å². The highest BCUT2D eigenvalue weighted by Crippen LogP contribution is 2.29. The van der Waals surface area contributed by atoms with Crippen molar-refractivity contribution >= 4 is 17.5 Å². The molecule has 1 saturated heterocycles. The number of amides is 2. The van der Waals surface area contributed by atoms with Gasteiger partial charge in [0.15, 0.2) is 0 Å². The van der Waals surface area contributed by atoms with Gasteiger partial charge in [-0.25, -0.2) is 0 Å². The molecule has 1 aromatic rings. The Balaban J connectivity index is 1.63. The lowest BCUT2D eigenvalue weighted by atomic mass is 9.81. The molecule has 0 N–H and O–H groups in total. The Morgan fingerprint density at radius 2 is 1.52 bits per heavy atom. The average molecular weight is 341 g/mol. The van der Waals surface area contributed by atoms with Gasteiger partial charge >= 0.3 is 0 Å². The van der Waals surface area contributed by atoms with Gasteiger partial charge in [-0.3, -0.25) is 9.59 Å². The number of allylic oxidation sites excluding steroid dienone is 2. The van der Waals surface area contributed by atoms with Crippen LogP contribution in [0.15, 0.2) is 42.5 Å². The third-order valence-corrected chi connectivity index (χ3v) is 5.22. The Morgan fingerprint density at radius 3 is 2.12 bits per heavy atom. The number of anilines is 1. The second kappa shape index (κ2) is 7.72. The van der Waals surface area contributed by atoms with Gasteiger partial charge in [0.2, 0.25) is 11.8 Å². The fourth-order valence-electron chi connectivity index (χ4n) is 3.75. The maximum absolute atomic E-state index is 13.0. The van der Waals surface area contributed by atoms with Crippen LogP contribution >= 0.6 is 0 Å². The Kier molecular flexibility index (Phi) is 5.41. The summed E-state index contributed by atoms with van der Waals surface area (Å²) < 4.78 is 0. The Labute approximate surface area is 149 Å². The minimum atomic E-state index is -0.223.